The molecular weight excluding hydrogens is 226 g/mol. The van der Waals surface area contributed by atoms with E-state index < -0.39 is 0 Å². The molecule has 0 aliphatic carbocycles. The molecule has 0 unspecified atom stereocenters. The topological polar surface area (TPSA) is 46.8 Å². The van der Waals surface area contributed by atoms with Crippen LogP contribution in [-0.2, 0) is 7.05 Å². The summed E-state index contributed by atoms with van der Waals surface area (Å²) in [5.74, 6) is 1.51. The first-order valence-corrected chi connectivity index (χ1v) is 6.32. The Morgan fingerprint density at radius 3 is 2.89 bits per heavy atom. The average molecular weight is 243 g/mol. The maximum absolute atomic E-state index is 4.38. The zero-order valence-corrected chi connectivity index (χ0v) is 10.5. The quantitative estimate of drug-likeness (QED) is 0.803. The van der Waals surface area contributed by atoms with Gasteiger partial charge in [-0.05, 0) is 12.8 Å². The third kappa shape index (κ3) is 2.08. The van der Waals surface area contributed by atoms with Crippen molar-refractivity contribution in [2.45, 2.75) is 18.8 Å². The predicted molar refractivity (Wildman–Crippen MR) is 69.4 cm³/mol. The molecule has 1 fully saturated rings. The van der Waals surface area contributed by atoms with Crippen molar-refractivity contribution < 1.29 is 0 Å². The van der Waals surface area contributed by atoms with Crippen LogP contribution in [0.4, 0.5) is 5.82 Å². The standard InChI is InChI=1S/C13H17N5/c1-17-10-15-7-12(17)11-3-2-6-18(9-11)13-8-14-4-5-16-13/h4-5,7-8,10-11H,2-3,6,9H2,1H3/t11-/m1/s1. The molecule has 0 bridgehead atoms. The van der Waals surface area contributed by atoms with E-state index in [9.17, 15) is 0 Å². The van der Waals surface area contributed by atoms with Gasteiger partial charge in [0, 0.05) is 50.3 Å². The number of hydrogen-bond acceptors (Lipinski definition) is 4. The maximum Gasteiger partial charge on any atom is 0.147 e. The summed E-state index contributed by atoms with van der Waals surface area (Å²) in [5, 5.41) is 0. The van der Waals surface area contributed by atoms with Crippen LogP contribution in [0.1, 0.15) is 24.5 Å². The third-order valence-electron chi connectivity index (χ3n) is 3.57. The molecule has 3 rings (SSSR count). The van der Waals surface area contributed by atoms with Crippen molar-refractivity contribution in [3.63, 3.8) is 0 Å². The molecule has 2 aromatic rings. The Balaban J connectivity index is 1.79. The summed E-state index contributed by atoms with van der Waals surface area (Å²) in [6, 6.07) is 0. The number of nitrogens with zero attached hydrogens (tertiary/aromatic N) is 5. The molecule has 5 heteroatoms. The minimum absolute atomic E-state index is 0.535. The fourth-order valence-electron chi connectivity index (χ4n) is 2.64. The molecule has 1 atom stereocenters. The van der Waals surface area contributed by atoms with Gasteiger partial charge < -0.3 is 9.47 Å². The minimum Gasteiger partial charge on any atom is -0.355 e. The lowest BCUT2D eigenvalue weighted by Crippen LogP contribution is -2.35. The van der Waals surface area contributed by atoms with E-state index in [2.05, 4.69) is 31.5 Å². The molecule has 1 aliphatic heterocycles. The van der Waals surface area contributed by atoms with Crippen LogP contribution >= 0.6 is 0 Å². The van der Waals surface area contributed by atoms with Gasteiger partial charge in [-0.25, -0.2) is 9.97 Å². The van der Waals surface area contributed by atoms with Crippen LogP contribution in [0.2, 0.25) is 0 Å². The van der Waals surface area contributed by atoms with E-state index in [0.717, 1.165) is 18.9 Å². The summed E-state index contributed by atoms with van der Waals surface area (Å²) in [4.78, 5) is 15.0. The lowest BCUT2D eigenvalue weighted by atomic mass is 9.95. The monoisotopic (exact) mass is 243 g/mol. The number of aryl methyl sites for hydroxylation is 1. The molecule has 94 valence electrons. The SMILES string of the molecule is Cn1cncc1[C@@H]1CCCN(c2cnccn2)C1. The number of aromatic nitrogens is 4. The number of imidazole rings is 1. The Bertz CT molecular complexity index is 507. The summed E-state index contributed by atoms with van der Waals surface area (Å²) in [5.41, 5.74) is 1.31. The number of hydrogen-bond donors (Lipinski definition) is 0. The maximum atomic E-state index is 4.38. The van der Waals surface area contributed by atoms with Crippen molar-refractivity contribution in [2.24, 2.45) is 7.05 Å². The van der Waals surface area contributed by atoms with Crippen LogP contribution in [0.5, 0.6) is 0 Å². The lowest BCUT2D eigenvalue weighted by molar-refractivity contribution is 0.488. The van der Waals surface area contributed by atoms with Gasteiger partial charge in [0.1, 0.15) is 5.82 Å². The van der Waals surface area contributed by atoms with Crippen LogP contribution in [-0.4, -0.2) is 32.6 Å². The molecule has 1 saturated heterocycles. The van der Waals surface area contributed by atoms with Gasteiger partial charge in [0.15, 0.2) is 0 Å². The normalized spacial score (nSPS) is 20.1. The van der Waals surface area contributed by atoms with Gasteiger partial charge in [0.25, 0.3) is 0 Å². The summed E-state index contributed by atoms with van der Waals surface area (Å²) < 4.78 is 2.12. The second-order valence-electron chi connectivity index (χ2n) is 4.78. The zero-order chi connectivity index (χ0) is 12.4. The highest BCUT2D eigenvalue weighted by Crippen LogP contribution is 2.28. The average Bonchev–Trinajstić information content (AvgIpc) is 2.86. The first-order chi connectivity index (χ1) is 8.84. The Labute approximate surface area is 107 Å². The molecule has 18 heavy (non-hydrogen) atoms. The Morgan fingerprint density at radius 1 is 1.22 bits per heavy atom. The third-order valence-corrected chi connectivity index (χ3v) is 3.57. The highest BCUT2D eigenvalue weighted by molar-refractivity contribution is 5.36. The Morgan fingerprint density at radius 2 is 2.17 bits per heavy atom. The highest BCUT2D eigenvalue weighted by Gasteiger charge is 2.24. The van der Waals surface area contributed by atoms with E-state index in [1.54, 1.807) is 12.4 Å². The molecule has 0 N–H and O–H groups in total. The molecule has 0 aromatic carbocycles. The van der Waals surface area contributed by atoms with E-state index in [4.69, 9.17) is 0 Å². The molecule has 0 amide bonds. The van der Waals surface area contributed by atoms with E-state index in [0.29, 0.717) is 5.92 Å². The second-order valence-corrected chi connectivity index (χ2v) is 4.78. The number of anilines is 1. The van der Waals surface area contributed by atoms with Crippen molar-refractivity contribution in [1.29, 1.82) is 0 Å². The molecule has 0 radical (unpaired) electrons. The highest BCUT2D eigenvalue weighted by atomic mass is 15.2. The molecule has 0 spiro atoms. The first-order valence-electron chi connectivity index (χ1n) is 6.32. The largest absolute Gasteiger partial charge is 0.355 e. The van der Waals surface area contributed by atoms with E-state index in [1.165, 1.54) is 18.5 Å². The minimum atomic E-state index is 0.535. The molecule has 2 aromatic heterocycles. The van der Waals surface area contributed by atoms with Crippen molar-refractivity contribution in [1.82, 2.24) is 19.5 Å². The lowest BCUT2D eigenvalue weighted by Gasteiger charge is -2.33. The van der Waals surface area contributed by atoms with Crippen LogP contribution in [0, 0.1) is 0 Å². The molecular formula is C13H17N5. The summed E-state index contributed by atoms with van der Waals surface area (Å²) in [7, 11) is 2.06. The fourth-order valence-corrected chi connectivity index (χ4v) is 2.64. The first kappa shape index (κ1) is 11.2. The van der Waals surface area contributed by atoms with Gasteiger partial charge in [-0.2, -0.15) is 0 Å². The zero-order valence-electron chi connectivity index (χ0n) is 10.5. The summed E-state index contributed by atoms with van der Waals surface area (Å²) in [6.45, 7) is 2.06. The van der Waals surface area contributed by atoms with E-state index in [1.807, 2.05) is 18.7 Å². The predicted octanol–water partition coefficient (Wildman–Crippen LogP) is 1.59. The summed E-state index contributed by atoms with van der Waals surface area (Å²) >= 11 is 0. The van der Waals surface area contributed by atoms with E-state index >= 15 is 0 Å². The van der Waals surface area contributed by atoms with Gasteiger partial charge in [-0.3, -0.25) is 4.98 Å². The molecule has 3 heterocycles. The fraction of sp³-hybridized carbons (Fsp3) is 0.462. The Hall–Kier alpha value is -1.91. The number of piperidine rings is 1. The molecule has 5 nitrogen and oxygen atoms in total. The molecule has 1 aliphatic rings. The van der Waals surface area contributed by atoms with Crippen molar-refractivity contribution in [3.05, 3.63) is 36.8 Å². The van der Waals surface area contributed by atoms with Gasteiger partial charge >= 0.3 is 0 Å². The van der Waals surface area contributed by atoms with E-state index in [-0.39, 0.29) is 0 Å². The van der Waals surface area contributed by atoms with Crippen LogP contribution in [0.3, 0.4) is 0 Å². The van der Waals surface area contributed by atoms with Crippen LogP contribution in [0.25, 0.3) is 0 Å². The van der Waals surface area contributed by atoms with Crippen LogP contribution in [0.15, 0.2) is 31.1 Å². The summed E-state index contributed by atoms with van der Waals surface area (Å²) in [6.07, 6.45) is 11.6. The van der Waals surface area contributed by atoms with Crippen LogP contribution < -0.4 is 4.90 Å². The molecule has 0 saturated carbocycles. The van der Waals surface area contributed by atoms with Crippen molar-refractivity contribution in [3.8, 4) is 0 Å². The van der Waals surface area contributed by atoms with Gasteiger partial charge in [-0.1, -0.05) is 0 Å². The smallest absolute Gasteiger partial charge is 0.147 e. The van der Waals surface area contributed by atoms with Crippen molar-refractivity contribution in [2.75, 3.05) is 18.0 Å². The van der Waals surface area contributed by atoms with Crippen molar-refractivity contribution >= 4 is 5.82 Å². The van der Waals surface area contributed by atoms with Gasteiger partial charge in [0.05, 0.1) is 12.5 Å². The number of rotatable bonds is 2. The van der Waals surface area contributed by atoms with Gasteiger partial charge in [-0.15, -0.1) is 0 Å². The Kier molecular flexibility index (Phi) is 2.96. The van der Waals surface area contributed by atoms with Gasteiger partial charge in [0.2, 0.25) is 0 Å². The second kappa shape index (κ2) is 4.76.